The molecule has 0 radical (unpaired) electrons. The monoisotopic (exact) mass is 550 g/mol. The van der Waals surface area contributed by atoms with Crippen molar-refractivity contribution in [2.75, 3.05) is 0 Å². The first-order chi connectivity index (χ1) is 19.0. The highest BCUT2D eigenvalue weighted by atomic mass is 16.5. The summed E-state index contributed by atoms with van der Waals surface area (Å²) in [5.74, 6) is 1.89. The van der Waals surface area contributed by atoms with E-state index in [4.69, 9.17) is 4.74 Å². The predicted octanol–water partition coefficient (Wildman–Crippen LogP) is 7.92. The van der Waals surface area contributed by atoms with Crippen molar-refractivity contribution in [2.45, 2.75) is 111 Å². The molecule has 0 aromatic heterocycles. The number of benzene rings is 1. The first kappa shape index (κ1) is 29.4. The number of carboxylic acid groups (broad SMARTS) is 1. The van der Waals surface area contributed by atoms with Crippen LogP contribution in [0.2, 0.25) is 0 Å². The van der Waals surface area contributed by atoms with Gasteiger partial charge >= 0.3 is 11.9 Å². The number of aliphatic hydroxyl groups excluding tert-OH is 1. The Morgan fingerprint density at radius 1 is 0.975 bits per heavy atom. The summed E-state index contributed by atoms with van der Waals surface area (Å²) in [5.41, 5.74) is 1.64. The van der Waals surface area contributed by atoms with Crippen molar-refractivity contribution in [1.82, 2.24) is 0 Å². The van der Waals surface area contributed by atoms with E-state index in [1.54, 1.807) is 12.1 Å². The Morgan fingerprint density at radius 3 is 2.40 bits per heavy atom. The third kappa shape index (κ3) is 5.16. The minimum absolute atomic E-state index is 0.0219. The second-order valence-corrected chi connectivity index (χ2v) is 14.5. The number of aliphatic hydroxyl groups is 1. The second kappa shape index (κ2) is 11.3. The maximum atomic E-state index is 13.0. The van der Waals surface area contributed by atoms with Crippen molar-refractivity contribution < 1.29 is 24.5 Å². The van der Waals surface area contributed by atoms with E-state index in [-0.39, 0.29) is 22.6 Å². The Bertz CT molecular complexity index is 1140. The molecular weight excluding hydrogens is 500 g/mol. The predicted molar refractivity (Wildman–Crippen MR) is 157 cm³/mol. The third-order valence-corrected chi connectivity index (χ3v) is 11.9. The van der Waals surface area contributed by atoms with Crippen LogP contribution in [0.15, 0.2) is 35.9 Å². The lowest BCUT2D eigenvalue weighted by Gasteiger charge is -2.59. The van der Waals surface area contributed by atoms with E-state index in [9.17, 15) is 19.8 Å². The lowest BCUT2D eigenvalue weighted by Crippen LogP contribution is -2.55. The van der Waals surface area contributed by atoms with Gasteiger partial charge in [0, 0.05) is 6.42 Å². The van der Waals surface area contributed by atoms with Gasteiger partial charge in [-0.3, -0.25) is 0 Å². The molecule has 0 heterocycles. The van der Waals surface area contributed by atoms with Crippen molar-refractivity contribution in [3.63, 3.8) is 0 Å². The Balaban J connectivity index is 1.30. The van der Waals surface area contributed by atoms with Crippen molar-refractivity contribution in [3.05, 3.63) is 47.0 Å². The van der Waals surface area contributed by atoms with E-state index < -0.39 is 18.0 Å². The maximum Gasteiger partial charge on any atom is 0.339 e. The second-order valence-electron chi connectivity index (χ2n) is 14.5. The van der Waals surface area contributed by atoms with Crippen LogP contribution < -0.4 is 0 Å². The summed E-state index contributed by atoms with van der Waals surface area (Å²) in [5, 5.41) is 21.1. The average Bonchev–Trinajstić information content (AvgIpc) is 3.26. The van der Waals surface area contributed by atoms with E-state index in [2.05, 4.69) is 40.7 Å². The van der Waals surface area contributed by atoms with Crippen LogP contribution >= 0.6 is 0 Å². The lowest BCUT2D eigenvalue weighted by atomic mass is 9.46. The molecule has 4 unspecified atom stereocenters. The molecule has 0 aliphatic heterocycles. The maximum absolute atomic E-state index is 13.0. The molecule has 1 aromatic carbocycles. The number of carbonyl (C=O) groups excluding carboxylic acids is 1. The van der Waals surface area contributed by atoms with Crippen LogP contribution in [0.1, 0.15) is 120 Å². The summed E-state index contributed by atoms with van der Waals surface area (Å²) in [6, 6.07) is 6.24. The number of hydrogen-bond acceptors (Lipinski definition) is 4. The zero-order chi connectivity index (χ0) is 28.8. The molecule has 0 amide bonds. The van der Waals surface area contributed by atoms with E-state index in [1.165, 1.54) is 56.2 Å². The fraction of sp³-hybridized carbons (Fsp3) is 0.714. The summed E-state index contributed by atoms with van der Waals surface area (Å²) >= 11 is 0. The first-order valence-corrected chi connectivity index (χ1v) is 15.9. The fourth-order valence-electron chi connectivity index (χ4n) is 9.80. The van der Waals surface area contributed by atoms with Gasteiger partial charge in [-0.25, -0.2) is 9.59 Å². The molecule has 0 bridgehead atoms. The molecule has 0 saturated heterocycles. The van der Waals surface area contributed by atoms with Crippen molar-refractivity contribution in [3.8, 4) is 0 Å². The van der Waals surface area contributed by atoms with Gasteiger partial charge in [-0.1, -0.05) is 77.7 Å². The quantitative estimate of drug-likeness (QED) is 0.254. The summed E-state index contributed by atoms with van der Waals surface area (Å²) in [6.07, 6.45) is 12.6. The van der Waals surface area contributed by atoms with Crippen LogP contribution in [-0.4, -0.2) is 34.4 Å². The Labute approximate surface area is 240 Å². The van der Waals surface area contributed by atoms with E-state index in [0.29, 0.717) is 29.6 Å². The molecule has 4 aliphatic rings. The molecule has 3 saturated carbocycles. The summed E-state index contributed by atoms with van der Waals surface area (Å²) in [6.45, 7) is 12.1. The minimum Gasteiger partial charge on any atom is -0.478 e. The molecule has 9 atom stereocenters. The zero-order valence-corrected chi connectivity index (χ0v) is 25.2. The van der Waals surface area contributed by atoms with Gasteiger partial charge < -0.3 is 14.9 Å². The number of esters is 1. The minimum atomic E-state index is -1.13. The lowest BCUT2D eigenvalue weighted by molar-refractivity contribution is -0.0978. The highest BCUT2D eigenvalue weighted by molar-refractivity contribution is 6.02. The number of carboxylic acids is 1. The van der Waals surface area contributed by atoms with Gasteiger partial charge in [0.15, 0.2) is 0 Å². The molecule has 220 valence electrons. The molecule has 5 rings (SSSR count). The summed E-state index contributed by atoms with van der Waals surface area (Å²) in [4.78, 5) is 24.6. The fourth-order valence-corrected chi connectivity index (χ4v) is 9.80. The molecule has 40 heavy (non-hydrogen) atoms. The zero-order valence-electron chi connectivity index (χ0n) is 25.2. The van der Waals surface area contributed by atoms with Gasteiger partial charge in [0.2, 0.25) is 0 Å². The Hall–Kier alpha value is -2.14. The van der Waals surface area contributed by atoms with Crippen LogP contribution in [0.4, 0.5) is 0 Å². The number of hydrogen-bond donors (Lipinski definition) is 2. The highest BCUT2D eigenvalue weighted by Gasteiger charge is 2.61. The SMILES string of the molecule is CC(C)CCC[C@@H](C)[C@H]1CCC2C3C(CC[C@@]21C)[C@@]1(C)CCC(OC(=O)c2ccccc2C(=O)O)CC1=C[C@@H]3O. The van der Waals surface area contributed by atoms with Gasteiger partial charge in [-0.2, -0.15) is 0 Å². The normalized spacial score (nSPS) is 37.6. The molecule has 4 aliphatic carbocycles. The molecule has 0 spiro atoms. The molecule has 5 nitrogen and oxygen atoms in total. The van der Waals surface area contributed by atoms with E-state index in [1.807, 2.05) is 0 Å². The van der Waals surface area contributed by atoms with Gasteiger partial charge in [0.1, 0.15) is 6.10 Å². The number of rotatable bonds is 8. The average molecular weight is 551 g/mol. The molecular formula is C35H50O5. The number of aromatic carboxylic acids is 1. The van der Waals surface area contributed by atoms with Crippen LogP contribution in [-0.2, 0) is 4.74 Å². The topological polar surface area (TPSA) is 83.8 Å². The molecule has 2 N–H and O–H groups in total. The Kier molecular flexibility index (Phi) is 8.27. The molecule has 5 heteroatoms. The van der Waals surface area contributed by atoms with Crippen molar-refractivity contribution in [1.29, 1.82) is 0 Å². The van der Waals surface area contributed by atoms with Crippen molar-refractivity contribution in [2.24, 2.45) is 46.3 Å². The third-order valence-electron chi connectivity index (χ3n) is 11.9. The van der Waals surface area contributed by atoms with E-state index in [0.717, 1.165) is 37.0 Å². The summed E-state index contributed by atoms with van der Waals surface area (Å²) < 4.78 is 5.88. The van der Waals surface area contributed by atoms with Gasteiger partial charge in [-0.15, -0.1) is 0 Å². The first-order valence-electron chi connectivity index (χ1n) is 15.9. The molecule has 3 fully saturated rings. The van der Waals surface area contributed by atoms with Crippen LogP contribution in [0, 0.1) is 46.3 Å². The molecule has 1 aromatic rings. The van der Waals surface area contributed by atoms with E-state index >= 15 is 0 Å². The number of fused-ring (bicyclic) bond motifs is 5. The van der Waals surface area contributed by atoms with Crippen LogP contribution in [0.5, 0.6) is 0 Å². The largest absolute Gasteiger partial charge is 0.478 e. The number of carbonyl (C=O) groups is 2. The van der Waals surface area contributed by atoms with Crippen molar-refractivity contribution >= 4 is 11.9 Å². The van der Waals surface area contributed by atoms with Gasteiger partial charge in [-0.05, 0) is 97.0 Å². The summed E-state index contributed by atoms with van der Waals surface area (Å²) in [7, 11) is 0. The smallest absolute Gasteiger partial charge is 0.339 e. The van der Waals surface area contributed by atoms with Crippen LogP contribution in [0.3, 0.4) is 0 Å². The van der Waals surface area contributed by atoms with Gasteiger partial charge in [0.25, 0.3) is 0 Å². The highest BCUT2D eigenvalue weighted by Crippen LogP contribution is 2.67. The van der Waals surface area contributed by atoms with Gasteiger partial charge in [0.05, 0.1) is 17.2 Å². The number of ether oxygens (including phenoxy) is 1. The van der Waals surface area contributed by atoms with Crippen LogP contribution in [0.25, 0.3) is 0 Å². The standard InChI is InChI=1S/C35H50O5/c1-21(2)9-8-10-22(3)27-13-14-28-31-29(16-18-35(27,28)5)34(4)17-15-24(19-23(34)20-30(31)36)40-33(39)26-12-7-6-11-25(26)32(37)38/h6-7,11-12,20-22,24,27-31,36H,8-10,13-19H2,1-5H3,(H,37,38)/t22-,24?,27-,28?,29?,30+,31?,34+,35-/m1/s1. The Morgan fingerprint density at radius 2 is 1.70 bits per heavy atom.